The highest BCUT2D eigenvalue weighted by molar-refractivity contribution is 7.12. The topological polar surface area (TPSA) is 46.5 Å². The third kappa shape index (κ3) is 4.85. The van der Waals surface area contributed by atoms with Crippen molar-refractivity contribution in [2.75, 3.05) is 13.6 Å². The Balaban J connectivity index is 0.00000131. The first-order valence-electron chi connectivity index (χ1n) is 8.88. The van der Waals surface area contributed by atoms with Gasteiger partial charge < -0.3 is 15.2 Å². The van der Waals surface area contributed by atoms with E-state index in [-0.39, 0.29) is 24.8 Å². The van der Waals surface area contributed by atoms with Crippen LogP contribution in [0.5, 0.6) is 0 Å². The first kappa shape index (κ1) is 21.8. The number of aryl methyl sites for hydroxylation is 1. The van der Waals surface area contributed by atoms with Crippen LogP contribution < -0.4 is 5.73 Å². The molecule has 4 nitrogen and oxygen atoms in total. The second-order valence-electron chi connectivity index (χ2n) is 6.79. The van der Waals surface area contributed by atoms with Crippen LogP contribution in [-0.2, 0) is 6.54 Å². The Hall–Kier alpha value is -1.53. The molecule has 1 atom stereocenters. The number of benzene rings is 1. The summed E-state index contributed by atoms with van der Waals surface area (Å²) in [5, 5.41) is 3.28. The minimum absolute atomic E-state index is 0. The molecule has 0 amide bonds. The number of amidine groups is 1. The fourth-order valence-corrected chi connectivity index (χ4v) is 4.31. The molecule has 1 aromatic carbocycles. The van der Waals surface area contributed by atoms with Gasteiger partial charge in [0.05, 0.1) is 16.1 Å². The van der Waals surface area contributed by atoms with Crippen molar-refractivity contribution in [2.45, 2.75) is 31.8 Å². The molecule has 0 saturated carbocycles. The molecule has 1 aliphatic rings. The van der Waals surface area contributed by atoms with Crippen LogP contribution in [0, 0.1) is 0 Å². The molecule has 1 aliphatic heterocycles. The Morgan fingerprint density at radius 3 is 2.81 bits per heavy atom. The smallest absolute Gasteiger partial charge is 0.141 e. The van der Waals surface area contributed by atoms with E-state index < -0.39 is 0 Å². The standard InChI is InChI=1S/C20H24N4S.2ClH/c1-23-10-2-4-17(23)9-12-24-11-8-15-6-7-16(14-18(15)24)22-20(21)19-5-3-13-25-19;;/h3,5-8,11,13-14,17H,2,4,9-10,12H2,1H3,(H2,21,22);2*1H/t17-;;/m1../s1. The van der Waals surface area contributed by atoms with Gasteiger partial charge in [-0.1, -0.05) is 12.1 Å². The molecular weight excluding hydrogens is 399 g/mol. The highest BCUT2D eigenvalue weighted by Gasteiger charge is 2.20. The highest BCUT2D eigenvalue weighted by Crippen LogP contribution is 2.25. The fraction of sp³-hybridized carbons (Fsp3) is 0.350. The molecule has 3 heterocycles. The number of aliphatic imine (C=N–C) groups is 1. The maximum atomic E-state index is 6.13. The van der Waals surface area contributed by atoms with Gasteiger partial charge in [-0.2, -0.15) is 0 Å². The van der Waals surface area contributed by atoms with Crippen LogP contribution in [0.15, 0.2) is 53.0 Å². The van der Waals surface area contributed by atoms with Gasteiger partial charge in [0.1, 0.15) is 5.84 Å². The zero-order chi connectivity index (χ0) is 17.2. The van der Waals surface area contributed by atoms with Crippen LogP contribution in [0.3, 0.4) is 0 Å². The van der Waals surface area contributed by atoms with E-state index >= 15 is 0 Å². The number of halogens is 2. The Kier molecular flexibility index (Phi) is 7.74. The van der Waals surface area contributed by atoms with E-state index in [4.69, 9.17) is 5.73 Å². The summed E-state index contributed by atoms with van der Waals surface area (Å²) in [5.41, 5.74) is 8.28. The molecule has 0 bridgehead atoms. The quantitative estimate of drug-likeness (QED) is 0.458. The number of likely N-dealkylation sites (tertiary alicyclic amines) is 1. The van der Waals surface area contributed by atoms with E-state index in [1.54, 1.807) is 11.3 Å². The number of hydrogen-bond acceptors (Lipinski definition) is 3. The SMILES string of the molecule is CN1CCC[C@@H]1CCn1ccc2ccc(N=C(N)c3cccs3)cc21.Cl.Cl. The molecule has 3 aromatic rings. The third-order valence-electron chi connectivity index (χ3n) is 5.16. The molecule has 0 radical (unpaired) electrons. The van der Waals surface area contributed by atoms with E-state index in [1.165, 1.54) is 36.7 Å². The second kappa shape index (κ2) is 9.60. The molecule has 146 valence electrons. The predicted molar refractivity (Wildman–Crippen MR) is 121 cm³/mol. The molecular formula is C20H26Cl2N4S. The summed E-state index contributed by atoms with van der Waals surface area (Å²) >= 11 is 1.62. The van der Waals surface area contributed by atoms with E-state index in [0.29, 0.717) is 11.9 Å². The van der Waals surface area contributed by atoms with Gasteiger partial charge in [-0.05, 0) is 67.9 Å². The number of nitrogens with two attached hydrogens (primary N) is 1. The predicted octanol–water partition coefficient (Wildman–Crippen LogP) is 5.07. The number of hydrogen-bond donors (Lipinski definition) is 1. The van der Waals surface area contributed by atoms with Gasteiger partial charge in [0.2, 0.25) is 0 Å². The Bertz CT molecular complexity index is 889. The van der Waals surface area contributed by atoms with Gasteiger partial charge in [-0.15, -0.1) is 36.2 Å². The van der Waals surface area contributed by atoms with Crippen LogP contribution >= 0.6 is 36.2 Å². The summed E-state index contributed by atoms with van der Waals surface area (Å²) in [4.78, 5) is 8.11. The number of nitrogens with zero attached hydrogens (tertiary/aromatic N) is 3. The summed E-state index contributed by atoms with van der Waals surface area (Å²) in [6.45, 7) is 2.28. The van der Waals surface area contributed by atoms with Crippen molar-refractivity contribution >= 4 is 58.6 Å². The Morgan fingerprint density at radius 1 is 1.26 bits per heavy atom. The highest BCUT2D eigenvalue weighted by atomic mass is 35.5. The average Bonchev–Trinajstić information content (AvgIpc) is 3.34. The summed E-state index contributed by atoms with van der Waals surface area (Å²) in [6.07, 6.45) is 6.04. The maximum Gasteiger partial charge on any atom is 0.141 e. The van der Waals surface area contributed by atoms with Gasteiger partial charge in [-0.3, -0.25) is 0 Å². The van der Waals surface area contributed by atoms with Crippen molar-refractivity contribution in [1.82, 2.24) is 9.47 Å². The van der Waals surface area contributed by atoms with E-state index in [1.807, 2.05) is 23.6 Å². The summed E-state index contributed by atoms with van der Waals surface area (Å²) < 4.78 is 2.35. The fourth-order valence-electron chi connectivity index (χ4n) is 3.69. The molecule has 1 fully saturated rings. The lowest BCUT2D eigenvalue weighted by molar-refractivity contribution is 0.287. The van der Waals surface area contributed by atoms with E-state index in [9.17, 15) is 0 Å². The molecule has 0 spiro atoms. The van der Waals surface area contributed by atoms with Crippen LogP contribution in [0.4, 0.5) is 5.69 Å². The van der Waals surface area contributed by atoms with Crippen molar-refractivity contribution in [2.24, 2.45) is 10.7 Å². The van der Waals surface area contributed by atoms with Gasteiger partial charge in [0.25, 0.3) is 0 Å². The van der Waals surface area contributed by atoms with Crippen LogP contribution in [0.25, 0.3) is 10.9 Å². The number of rotatable bonds is 5. The van der Waals surface area contributed by atoms with Gasteiger partial charge in [0.15, 0.2) is 0 Å². The molecule has 2 aromatic heterocycles. The zero-order valence-electron chi connectivity index (χ0n) is 15.4. The molecule has 4 rings (SSSR count). The van der Waals surface area contributed by atoms with Crippen LogP contribution in [-0.4, -0.2) is 34.9 Å². The largest absolute Gasteiger partial charge is 0.383 e. The average molecular weight is 425 g/mol. The van der Waals surface area contributed by atoms with Crippen LogP contribution in [0.1, 0.15) is 24.1 Å². The number of thiophene rings is 1. The van der Waals surface area contributed by atoms with Crippen molar-refractivity contribution in [3.8, 4) is 0 Å². The zero-order valence-corrected chi connectivity index (χ0v) is 17.8. The van der Waals surface area contributed by atoms with Crippen molar-refractivity contribution < 1.29 is 0 Å². The summed E-state index contributed by atoms with van der Waals surface area (Å²) in [6, 6.07) is 13.2. The minimum Gasteiger partial charge on any atom is -0.383 e. The van der Waals surface area contributed by atoms with E-state index in [0.717, 1.165) is 17.1 Å². The van der Waals surface area contributed by atoms with Crippen molar-refractivity contribution in [1.29, 1.82) is 0 Å². The normalized spacial score (nSPS) is 17.7. The molecule has 7 heteroatoms. The third-order valence-corrected chi connectivity index (χ3v) is 6.05. The summed E-state index contributed by atoms with van der Waals surface area (Å²) in [5.74, 6) is 0.583. The molecule has 1 saturated heterocycles. The molecule has 2 N–H and O–H groups in total. The lowest BCUT2D eigenvalue weighted by Crippen LogP contribution is -2.25. The van der Waals surface area contributed by atoms with Crippen molar-refractivity contribution in [3.63, 3.8) is 0 Å². The van der Waals surface area contributed by atoms with Crippen LogP contribution in [0.2, 0.25) is 0 Å². The molecule has 0 unspecified atom stereocenters. The monoisotopic (exact) mass is 424 g/mol. The van der Waals surface area contributed by atoms with Gasteiger partial charge >= 0.3 is 0 Å². The maximum absolute atomic E-state index is 6.13. The van der Waals surface area contributed by atoms with Crippen molar-refractivity contribution in [3.05, 3.63) is 52.9 Å². The first-order valence-corrected chi connectivity index (χ1v) is 9.76. The summed E-state index contributed by atoms with van der Waals surface area (Å²) in [7, 11) is 2.24. The lowest BCUT2D eigenvalue weighted by Gasteiger charge is -2.19. The lowest BCUT2D eigenvalue weighted by atomic mass is 10.1. The molecule has 27 heavy (non-hydrogen) atoms. The van der Waals surface area contributed by atoms with Gasteiger partial charge in [-0.25, -0.2) is 4.99 Å². The van der Waals surface area contributed by atoms with Gasteiger partial charge in [0, 0.05) is 18.8 Å². The number of fused-ring (bicyclic) bond motifs is 1. The second-order valence-corrected chi connectivity index (χ2v) is 7.74. The first-order chi connectivity index (χ1) is 12.2. The Labute approximate surface area is 176 Å². The Morgan fingerprint density at radius 2 is 2.11 bits per heavy atom. The molecule has 0 aliphatic carbocycles. The minimum atomic E-state index is 0. The van der Waals surface area contributed by atoms with E-state index in [2.05, 4.69) is 45.9 Å². The number of aromatic nitrogens is 1.